The Morgan fingerprint density at radius 2 is 2.26 bits per heavy atom. The van der Waals surface area contributed by atoms with Crippen LogP contribution in [0.1, 0.15) is 5.56 Å². The number of hydrogen-bond acceptors (Lipinski definition) is 3. The van der Waals surface area contributed by atoms with Gasteiger partial charge in [0.25, 0.3) is 0 Å². The van der Waals surface area contributed by atoms with Crippen molar-refractivity contribution in [2.75, 3.05) is 0 Å². The van der Waals surface area contributed by atoms with Crippen molar-refractivity contribution >= 4 is 17.1 Å². The number of imidazole rings is 1. The molecule has 5 rings (SSSR count). The summed E-state index contributed by atoms with van der Waals surface area (Å²) in [4.78, 5) is 8.58. The summed E-state index contributed by atoms with van der Waals surface area (Å²) in [5, 5.41) is 0. The average molecular weight is 249 g/mol. The van der Waals surface area contributed by atoms with Crippen LogP contribution in [0.25, 0.3) is 28.3 Å². The predicted molar refractivity (Wildman–Crippen MR) is 67.5 cm³/mol. The lowest BCUT2D eigenvalue weighted by atomic mass is 10.1. The molecule has 0 N–H and O–H groups in total. The third kappa shape index (κ3) is 1.03. The van der Waals surface area contributed by atoms with Crippen molar-refractivity contribution in [3.05, 3.63) is 48.5 Å². The fourth-order valence-electron chi connectivity index (χ4n) is 2.81. The van der Waals surface area contributed by atoms with E-state index < -0.39 is 0 Å². The molecule has 5 nitrogen and oxygen atoms in total. The first kappa shape index (κ1) is 9.27. The fraction of sp³-hybridized carbons (Fsp3) is 0.0714. The molecule has 0 saturated heterocycles. The highest BCUT2D eigenvalue weighted by atomic mass is 16.4. The number of fused-ring (bicyclic) bond motifs is 7. The number of pyridine rings is 2. The smallest absolute Gasteiger partial charge is 0.396 e. The van der Waals surface area contributed by atoms with Gasteiger partial charge in [-0.3, -0.25) is 4.98 Å². The van der Waals surface area contributed by atoms with Gasteiger partial charge in [0.2, 0.25) is 5.58 Å². The summed E-state index contributed by atoms with van der Waals surface area (Å²) in [5.74, 6) is 0.819. The van der Waals surface area contributed by atoms with Crippen LogP contribution in [0.4, 0.5) is 0 Å². The summed E-state index contributed by atoms with van der Waals surface area (Å²) in [7, 11) is 0. The van der Waals surface area contributed by atoms with Crippen molar-refractivity contribution in [2.24, 2.45) is 0 Å². The minimum Gasteiger partial charge on any atom is -0.396 e. The van der Waals surface area contributed by atoms with Gasteiger partial charge in [-0.25, -0.2) is 4.57 Å². The standard InChI is InChI=1S/C14H9N4O/c1-2-12-13(16-4-1)18-8-11-10-6-15-5-3-9(10)7-17(11)14(18)19-12/h1-6,8H,7H2/q+1. The van der Waals surface area contributed by atoms with Gasteiger partial charge >= 0.3 is 11.5 Å². The van der Waals surface area contributed by atoms with E-state index in [1.54, 1.807) is 6.20 Å². The number of hydrogen-bond donors (Lipinski definition) is 0. The molecule has 5 heteroatoms. The number of nitrogens with zero attached hydrogens (tertiary/aromatic N) is 4. The number of oxazole rings is 1. The quantitative estimate of drug-likeness (QED) is 0.393. The zero-order valence-electron chi connectivity index (χ0n) is 9.95. The maximum Gasteiger partial charge on any atom is 0.410 e. The molecule has 0 saturated carbocycles. The van der Waals surface area contributed by atoms with Crippen molar-refractivity contribution in [1.29, 1.82) is 0 Å². The Bertz CT molecular complexity index is 951. The molecule has 4 aromatic heterocycles. The molecule has 1 aliphatic heterocycles. The topological polar surface area (TPSA) is 48.0 Å². The van der Waals surface area contributed by atoms with Crippen LogP contribution in [0, 0.1) is 0 Å². The number of rotatable bonds is 0. The molecule has 0 aliphatic carbocycles. The largest absolute Gasteiger partial charge is 0.410 e. The van der Waals surface area contributed by atoms with Gasteiger partial charge in [-0.15, -0.1) is 4.98 Å². The maximum absolute atomic E-state index is 5.91. The van der Waals surface area contributed by atoms with E-state index in [0.29, 0.717) is 0 Å². The Morgan fingerprint density at radius 1 is 1.26 bits per heavy atom. The van der Waals surface area contributed by atoms with Gasteiger partial charge in [0.05, 0.1) is 6.54 Å². The van der Waals surface area contributed by atoms with E-state index in [1.807, 2.05) is 28.9 Å². The van der Waals surface area contributed by atoms with Crippen molar-refractivity contribution in [2.45, 2.75) is 6.54 Å². The lowest BCUT2D eigenvalue weighted by molar-refractivity contribution is -0.486. The molecule has 0 amide bonds. The van der Waals surface area contributed by atoms with E-state index >= 15 is 0 Å². The normalized spacial score (nSPS) is 13.1. The minimum absolute atomic E-state index is 0.807. The zero-order valence-corrected chi connectivity index (χ0v) is 9.95. The summed E-state index contributed by atoms with van der Waals surface area (Å²) in [6.45, 7) is 0.823. The van der Waals surface area contributed by atoms with E-state index in [2.05, 4.69) is 26.8 Å². The van der Waals surface area contributed by atoms with E-state index in [0.717, 1.165) is 29.3 Å². The molecule has 19 heavy (non-hydrogen) atoms. The molecular formula is C14H9N4O+. The average Bonchev–Trinajstić information content (AvgIpc) is 3.07. The van der Waals surface area contributed by atoms with Crippen LogP contribution in [-0.4, -0.2) is 14.5 Å². The Morgan fingerprint density at radius 3 is 3.26 bits per heavy atom. The highest BCUT2D eigenvalue weighted by Crippen LogP contribution is 2.32. The Balaban J connectivity index is 1.93. The summed E-state index contributed by atoms with van der Waals surface area (Å²) < 4.78 is 10.1. The second kappa shape index (κ2) is 3.00. The zero-order chi connectivity index (χ0) is 12.4. The van der Waals surface area contributed by atoms with Crippen LogP contribution in [0.5, 0.6) is 0 Å². The predicted octanol–water partition coefficient (Wildman–Crippen LogP) is 1.79. The monoisotopic (exact) mass is 249 g/mol. The van der Waals surface area contributed by atoms with Crippen LogP contribution >= 0.6 is 0 Å². The van der Waals surface area contributed by atoms with Crippen LogP contribution in [0.15, 0.2) is 47.4 Å². The summed E-state index contributed by atoms with van der Waals surface area (Å²) >= 11 is 0. The van der Waals surface area contributed by atoms with Crippen molar-refractivity contribution < 1.29 is 8.82 Å². The molecular weight excluding hydrogens is 240 g/mol. The van der Waals surface area contributed by atoms with E-state index in [1.165, 1.54) is 11.1 Å². The van der Waals surface area contributed by atoms with Gasteiger partial charge in [-0.2, -0.15) is 4.40 Å². The van der Waals surface area contributed by atoms with Crippen molar-refractivity contribution in [1.82, 2.24) is 14.5 Å². The molecule has 0 radical (unpaired) electrons. The first-order chi connectivity index (χ1) is 9.42. The fourth-order valence-corrected chi connectivity index (χ4v) is 2.81. The highest BCUT2D eigenvalue weighted by molar-refractivity contribution is 5.71. The highest BCUT2D eigenvalue weighted by Gasteiger charge is 2.30. The molecule has 0 spiro atoms. The first-order valence-corrected chi connectivity index (χ1v) is 6.13. The molecule has 5 heterocycles. The Kier molecular flexibility index (Phi) is 1.46. The van der Waals surface area contributed by atoms with Gasteiger partial charge < -0.3 is 4.42 Å². The van der Waals surface area contributed by atoms with Crippen LogP contribution in [0.2, 0.25) is 0 Å². The summed E-state index contributed by atoms with van der Waals surface area (Å²) in [5.41, 5.74) is 5.24. The first-order valence-electron chi connectivity index (χ1n) is 6.13. The summed E-state index contributed by atoms with van der Waals surface area (Å²) in [6.07, 6.45) is 7.59. The van der Waals surface area contributed by atoms with Crippen LogP contribution in [-0.2, 0) is 6.54 Å². The maximum atomic E-state index is 5.91. The van der Waals surface area contributed by atoms with Crippen molar-refractivity contribution in [3.63, 3.8) is 0 Å². The Hall–Kier alpha value is -2.69. The Labute approximate surface area is 107 Å². The van der Waals surface area contributed by atoms with Gasteiger partial charge in [-0.05, 0) is 18.2 Å². The molecule has 1 aliphatic rings. The minimum atomic E-state index is 0.807. The van der Waals surface area contributed by atoms with Crippen molar-refractivity contribution in [3.8, 4) is 11.3 Å². The van der Waals surface area contributed by atoms with E-state index in [-0.39, 0.29) is 0 Å². The molecule has 0 bridgehead atoms. The van der Waals surface area contributed by atoms with Gasteiger partial charge in [-0.1, -0.05) is 0 Å². The van der Waals surface area contributed by atoms with E-state index in [4.69, 9.17) is 4.42 Å². The lowest BCUT2D eigenvalue weighted by Crippen LogP contribution is -2.17. The molecule has 0 aromatic carbocycles. The lowest BCUT2D eigenvalue weighted by Gasteiger charge is -1.91. The second-order valence-electron chi connectivity index (χ2n) is 4.71. The van der Waals surface area contributed by atoms with Gasteiger partial charge in [0, 0.05) is 23.5 Å². The molecule has 0 fully saturated rings. The molecule has 4 aromatic rings. The molecule has 90 valence electrons. The SMILES string of the molecule is c1cnc2c(c1)oc1n3c(c[n+]21)-c1cnccc1C3. The molecule has 0 unspecified atom stereocenters. The number of aromatic nitrogens is 4. The van der Waals surface area contributed by atoms with Crippen LogP contribution < -0.4 is 4.40 Å². The van der Waals surface area contributed by atoms with E-state index in [9.17, 15) is 0 Å². The van der Waals surface area contributed by atoms with Gasteiger partial charge in [0.15, 0.2) is 0 Å². The summed E-state index contributed by atoms with van der Waals surface area (Å²) in [6, 6.07) is 5.88. The van der Waals surface area contributed by atoms with Crippen LogP contribution in [0.3, 0.4) is 0 Å². The van der Waals surface area contributed by atoms with Gasteiger partial charge in [0.1, 0.15) is 18.1 Å². The second-order valence-corrected chi connectivity index (χ2v) is 4.71. The molecule has 0 atom stereocenters. The third-order valence-electron chi connectivity index (χ3n) is 3.68. The third-order valence-corrected chi connectivity index (χ3v) is 3.68.